The molecule has 3 heteroatoms. The summed E-state index contributed by atoms with van der Waals surface area (Å²) in [6, 6.07) is 0. The van der Waals surface area contributed by atoms with Crippen molar-refractivity contribution in [2.24, 2.45) is 17.3 Å². The van der Waals surface area contributed by atoms with Gasteiger partial charge in [0.15, 0.2) is 0 Å². The first kappa shape index (κ1) is 11.9. The molecule has 2 aliphatic heterocycles. The molecule has 0 aromatic heterocycles. The molecule has 0 aromatic carbocycles. The van der Waals surface area contributed by atoms with E-state index in [2.05, 4.69) is 5.32 Å². The minimum atomic E-state index is 0.491. The van der Waals surface area contributed by atoms with Crippen LogP contribution in [0.25, 0.3) is 0 Å². The van der Waals surface area contributed by atoms with E-state index in [9.17, 15) is 0 Å². The molecule has 2 saturated heterocycles. The van der Waals surface area contributed by atoms with Gasteiger partial charge in [-0.1, -0.05) is 6.42 Å². The molecule has 0 bridgehead atoms. The number of hydrogen-bond donors (Lipinski definition) is 1. The molecule has 3 fully saturated rings. The lowest BCUT2D eigenvalue weighted by Crippen LogP contribution is -2.32. The summed E-state index contributed by atoms with van der Waals surface area (Å²) in [4.78, 5) is 0. The van der Waals surface area contributed by atoms with Gasteiger partial charge in [0, 0.05) is 31.8 Å². The normalized spacial score (nSPS) is 38.5. The Hall–Kier alpha value is -0.120. The van der Waals surface area contributed by atoms with Gasteiger partial charge < -0.3 is 14.8 Å². The van der Waals surface area contributed by atoms with Crippen LogP contribution in [0.2, 0.25) is 0 Å². The van der Waals surface area contributed by atoms with E-state index in [4.69, 9.17) is 9.47 Å². The summed E-state index contributed by atoms with van der Waals surface area (Å²) in [6.07, 6.45) is 6.57. The van der Waals surface area contributed by atoms with Gasteiger partial charge in [0.1, 0.15) is 0 Å². The van der Waals surface area contributed by atoms with E-state index in [0.29, 0.717) is 5.41 Å². The Bertz CT molecular complexity index is 241. The maximum atomic E-state index is 6.07. The Labute approximate surface area is 104 Å². The molecule has 3 rings (SSSR count). The molecule has 1 aliphatic carbocycles. The van der Waals surface area contributed by atoms with E-state index in [1.165, 1.54) is 45.2 Å². The first-order chi connectivity index (χ1) is 8.39. The van der Waals surface area contributed by atoms with E-state index in [1.54, 1.807) is 0 Å². The van der Waals surface area contributed by atoms with E-state index >= 15 is 0 Å². The lowest BCUT2D eigenvalue weighted by molar-refractivity contribution is -0.0107. The van der Waals surface area contributed by atoms with Crippen LogP contribution < -0.4 is 5.32 Å². The zero-order chi connectivity index (χ0) is 11.6. The fourth-order valence-corrected chi connectivity index (χ4v) is 3.84. The first-order valence-electron chi connectivity index (χ1n) is 7.25. The Morgan fingerprint density at radius 2 is 2.12 bits per heavy atom. The molecule has 2 atom stereocenters. The summed E-state index contributed by atoms with van der Waals surface area (Å²) < 4.78 is 11.4. The topological polar surface area (TPSA) is 30.5 Å². The van der Waals surface area contributed by atoms with E-state index < -0.39 is 0 Å². The largest absolute Gasteiger partial charge is 0.381 e. The third-order valence-corrected chi connectivity index (χ3v) is 5.05. The van der Waals surface area contributed by atoms with Gasteiger partial charge in [0.25, 0.3) is 0 Å². The molecular weight excluding hydrogens is 214 g/mol. The van der Waals surface area contributed by atoms with Crippen molar-refractivity contribution in [2.45, 2.75) is 32.1 Å². The summed E-state index contributed by atoms with van der Waals surface area (Å²) in [5.41, 5.74) is 0.491. The van der Waals surface area contributed by atoms with Crippen molar-refractivity contribution in [1.82, 2.24) is 5.32 Å². The van der Waals surface area contributed by atoms with Crippen LogP contribution in [0.15, 0.2) is 0 Å². The molecule has 0 amide bonds. The Morgan fingerprint density at radius 3 is 3.00 bits per heavy atom. The predicted octanol–water partition coefficient (Wildman–Crippen LogP) is 1.82. The SMILES string of the molecule is C1C[C@@H]2CNC[C@]2(COCC2CCOCC2)C1. The molecule has 17 heavy (non-hydrogen) atoms. The van der Waals surface area contributed by atoms with Gasteiger partial charge in [0.2, 0.25) is 0 Å². The number of ether oxygens (including phenoxy) is 2. The van der Waals surface area contributed by atoms with Crippen LogP contribution in [-0.4, -0.2) is 39.5 Å². The van der Waals surface area contributed by atoms with Crippen LogP contribution in [0, 0.1) is 17.3 Å². The second-order valence-electron chi connectivity index (χ2n) is 6.15. The van der Waals surface area contributed by atoms with Crippen LogP contribution in [0.3, 0.4) is 0 Å². The fourth-order valence-electron chi connectivity index (χ4n) is 3.84. The Balaban J connectivity index is 1.44. The van der Waals surface area contributed by atoms with Crippen molar-refractivity contribution in [3.05, 3.63) is 0 Å². The minimum absolute atomic E-state index is 0.491. The minimum Gasteiger partial charge on any atom is -0.381 e. The zero-order valence-electron chi connectivity index (χ0n) is 10.7. The van der Waals surface area contributed by atoms with Crippen molar-refractivity contribution in [3.8, 4) is 0 Å². The van der Waals surface area contributed by atoms with Crippen molar-refractivity contribution in [2.75, 3.05) is 39.5 Å². The first-order valence-corrected chi connectivity index (χ1v) is 7.25. The van der Waals surface area contributed by atoms with E-state index in [-0.39, 0.29) is 0 Å². The highest BCUT2D eigenvalue weighted by molar-refractivity contribution is 4.99. The number of hydrogen-bond acceptors (Lipinski definition) is 3. The van der Waals surface area contributed by atoms with Crippen molar-refractivity contribution in [3.63, 3.8) is 0 Å². The number of nitrogens with one attached hydrogen (secondary N) is 1. The highest BCUT2D eigenvalue weighted by Gasteiger charge is 2.46. The van der Waals surface area contributed by atoms with Gasteiger partial charge in [-0.25, -0.2) is 0 Å². The fraction of sp³-hybridized carbons (Fsp3) is 1.00. The lowest BCUT2D eigenvalue weighted by atomic mass is 9.81. The van der Waals surface area contributed by atoms with E-state index in [1.807, 2.05) is 0 Å². The van der Waals surface area contributed by atoms with Gasteiger partial charge in [0.05, 0.1) is 6.61 Å². The van der Waals surface area contributed by atoms with Crippen LogP contribution >= 0.6 is 0 Å². The van der Waals surface area contributed by atoms with Crippen LogP contribution in [-0.2, 0) is 9.47 Å². The van der Waals surface area contributed by atoms with E-state index in [0.717, 1.165) is 38.3 Å². The zero-order valence-corrected chi connectivity index (χ0v) is 10.7. The molecule has 1 saturated carbocycles. The maximum absolute atomic E-state index is 6.07. The Kier molecular flexibility index (Phi) is 3.69. The molecule has 1 N–H and O–H groups in total. The highest BCUT2D eigenvalue weighted by Crippen LogP contribution is 2.45. The standard InChI is InChI=1S/C14H25NO2/c1-2-13-8-15-10-14(13,5-1)11-17-9-12-3-6-16-7-4-12/h12-13,15H,1-11H2/t13-,14+/m1/s1. The predicted molar refractivity (Wildman–Crippen MR) is 67.0 cm³/mol. The third-order valence-electron chi connectivity index (χ3n) is 5.05. The number of fused-ring (bicyclic) bond motifs is 1. The second-order valence-corrected chi connectivity index (χ2v) is 6.15. The van der Waals surface area contributed by atoms with Gasteiger partial charge in [-0.3, -0.25) is 0 Å². The highest BCUT2D eigenvalue weighted by atomic mass is 16.5. The third kappa shape index (κ3) is 2.51. The van der Waals surface area contributed by atoms with Gasteiger partial charge >= 0.3 is 0 Å². The molecule has 0 radical (unpaired) electrons. The monoisotopic (exact) mass is 239 g/mol. The van der Waals surface area contributed by atoms with Gasteiger partial charge in [-0.2, -0.15) is 0 Å². The lowest BCUT2D eigenvalue weighted by Gasteiger charge is -2.29. The smallest absolute Gasteiger partial charge is 0.0537 e. The molecular formula is C14H25NO2. The molecule has 0 spiro atoms. The van der Waals surface area contributed by atoms with Gasteiger partial charge in [-0.15, -0.1) is 0 Å². The Morgan fingerprint density at radius 1 is 1.24 bits per heavy atom. The summed E-state index contributed by atoms with van der Waals surface area (Å²) in [5, 5.41) is 3.55. The van der Waals surface area contributed by atoms with Crippen molar-refractivity contribution < 1.29 is 9.47 Å². The van der Waals surface area contributed by atoms with Crippen LogP contribution in [0.1, 0.15) is 32.1 Å². The van der Waals surface area contributed by atoms with Crippen molar-refractivity contribution in [1.29, 1.82) is 0 Å². The molecule has 2 heterocycles. The molecule has 0 aromatic rings. The number of rotatable bonds is 4. The second kappa shape index (κ2) is 5.25. The van der Waals surface area contributed by atoms with Crippen molar-refractivity contribution >= 4 is 0 Å². The average Bonchev–Trinajstić information content (AvgIpc) is 2.89. The summed E-state index contributed by atoms with van der Waals surface area (Å²) in [7, 11) is 0. The molecule has 3 nitrogen and oxygen atoms in total. The molecule has 98 valence electrons. The van der Waals surface area contributed by atoms with Crippen LogP contribution in [0.4, 0.5) is 0 Å². The quantitative estimate of drug-likeness (QED) is 0.812. The summed E-state index contributed by atoms with van der Waals surface area (Å²) in [6.45, 7) is 6.22. The maximum Gasteiger partial charge on any atom is 0.0537 e. The average molecular weight is 239 g/mol. The van der Waals surface area contributed by atoms with Crippen LogP contribution in [0.5, 0.6) is 0 Å². The molecule has 3 aliphatic rings. The molecule has 0 unspecified atom stereocenters. The summed E-state index contributed by atoms with van der Waals surface area (Å²) >= 11 is 0. The van der Waals surface area contributed by atoms with Gasteiger partial charge in [-0.05, 0) is 44.1 Å². The summed E-state index contributed by atoms with van der Waals surface area (Å²) in [5.74, 6) is 1.63.